The van der Waals surface area contributed by atoms with Crippen molar-refractivity contribution in [1.82, 2.24) is 10.2 Å². The van der Waals surface area contributed by atoms with Gasteiger partial charge in [-0.2, -0.15) is 0 Å². The van der Waals surface area contributed by atoms with Crippen molar-refractivity contribution in [1.29, 1.82) is 0 Å². The smallest absolute Gasteiger partial charge is 0.407 e. The Labute approximate surface area is 201 Å². The van der Waals surface area contributed by atoms with Crippen LogP contribution in [-0.4, -0.2) is 54.2 Å². The fourth-order valence-electron chi connectivity index (χ4n) is 4.28. The summed E-state index contributed by atoms with van der Waals surface area (Å²) >= 11 is 0. The summed E-state index contributed by atoms with van der Waals surface area (Å²) in [4.78, 5) is 38.0. The van der Waals surface area contributed by atoms with E-state index in [0.717, 1.165) is 22.3 Å². The molecule has 0 spiro atoms. The van der Waals surface area contributed by atoms with Crippen molar-refractivity contribution in [2.45, 2.75) is 46.1 Å². The Morgan fingerprint density at radius 1 is 1.03 bits per heavy atom. The second-order valence-corrected chi connectivity index (χ2v) is 10.1. The number of amides is 2. The number of carboxylic acids is 1. The molecule has 0 fully saturated rings. The van der Waals surface area contributed by atoms with E-state index in [0.29, 0.717) is 0 Å². The zero-order chi connectivity index (χ0) is 25.0. The molecule has 2 N–H and O–H groups in total. The normalized spacial score (nSPS) is 14.5. The average molecular weight is 467 g/mol. The lowest BCUT2D eigenvalue weighted by Gasteiger charge is -2.32. The standard InChI is InChI=1S/C27H34N2O5/c1-17(25(31)32)15-29(5)24(30)14-23(27(2,3)4)28-26(33)34-16-22-20-12-8-6-10-18(20)19-11-7-9-13-21(19)22/h6-13,17,22-23H,14-16H2,1-5H3,(H,28,33)(H,31,32). The van der Waals surface area contributed by atoms with Gasteiger partial charge in [-0.3, -0.25) is 9.59 Å². The molecule has 182 valence electrons. The van der Waals surface area contributed by atoms with Crippen LogP contribution in [0.15, 0.2) is 48.5 Å². The minimum Gasteiger partial charge on any atom is -0.481 e. The third-order valence-electron chi connectivity index (χ3n) is 6.45. The van der Waals surface area contributed by atoms with Gasteiger partial charge in [0, 0.05) is 32.0 Å². The van der Waals surface area contributed by atoms with E-state index in [9.17, 15) is 14.4 Å². The number of rotatable bonds is 8. The summed E-state index contributed by atoms with van der Waals surface area (Å²) in [6, 6.07) is 15.8. The maximum Gasteiger partial charge on any atom is 0.407 e. The molecule has 0 saturated heterocycles. The van der Waals surface area contributed by atoms with Crippen molar-refractivity contribution in [3.63, 3.8) is 0 Å². The molecule has 34 heavy (non-hydrogen) atoms. The minimum absolute atomic E-state index is 0.0449. The number of nitrogens with zero attached hydrogens (tertiary/aromatic N) is 1. The quantitative estimate of drug-likeness (QED) is 0.597. The number of fused-ring (bicyclic) bond motifs is 3. The molecule has 1 aliphatic rings. The summed E-state index contributed by atoms with van der Waals surface area (Å²) in [5, 5.41) is 12.0. The zero-order valence-electron chi connectivity index (χ0n) is 20.5. The van der Waals surface area contributed by atoms with Gasteiger partial charge in [-0.1, -0.05) is 76.2 Å². The van der Waals surface area contributed by atoms with Crippen LogP contribution in [0.25, 0.3) is 11.1 Å². The molecule has 0 heterocycles. The van der Waals surface area contributed by atoms with Gasteiger partial charge in [0.1, 0.15) is 6.61 Å². The van der Waals surface area contributed by atoms with Crippen molar-refractivity contribution in [3.8, 4) is 11.1 Å². The Kier molecular flexibility index (Phi) is 7.64. The predicted molar refractivity (Wildman–Crippen MR) is 131 cm³/mol. The van der Waals surface area contributed by atoms with Crippen LogP contribution in [0.2, 0.25) is 0 Å². The fraction of sp³-hybridized carbons (Fsp3) is 0.444. The average Bonchev–Trinajstić information content (AvgIpc) is 3.10. The van der Waals surface area contributed by atoms with Gasteiger partial charge >= 0.3 is 12.1 Å². The molecule has 2 atom stereocenters. The van der Waals surface area contributed by atoms with E-state index in [1.54, 1.807) is 14.0 Å². The van der Waals surface area contributed by atoms with Crippen LogP contribution in [0, 0.1) is 11.3 Å². The molecule has 0 saturated carbocycles. The number of nitrogens with one attached hydrogen (secondary N) is 1. The van der Waals surface area contributed by atoms with Gasteiger partial charge in [0.2, 0.25) is 5.91 Å². The Morgan fingerprint density at radius 2 is 1.56 bits per heavy atom. The summed E-state index contributed by atoms with van der Waals surface area (Å²) in [6.45, 7) is 7.68. The molecule has 7 heteroatoms. The predicted octanol–water partition coefficient (Wildman–Crippen LogP) is 4.51. The summed E-state index contributed by atoms with van der Waals surface area (Å²) in [5.74, 6) is -1.90. The fourth-order valence-corrected chi connectivity index (χ4v) is 4.28. The third kappa shape index (κ3) is 5.76. The summed E-state index contributed by atoms with van der Waals surface area (Å²) in [6.07, 6.45) is -0.521. The number of carbonyl (C=O) groups is 3. The first-order chi connectivity index (χ1) is 16.0. The van der Waals surface area contributed by atoms with E-state index in [1.807, 2.05) is 45.0 Å². The second-order valence-electron chi connectivity index (χ2n) is 10.1. The molecule has 0 aliphatic heterocycles. The first kappa shape index (κ1) is 25.3. The van der Waals surface area contributed by atoms with Gasteiger partial charge in [0.05, 0.1) is 5.92 Å². The topological polar surface area (TPSA) is 95.9 Å². The molecule has 2 aromatic carbocycles. The number of hydrogen-bond donors (Lipinski definition) is 2. The van der Waals surface area contributed by atoms with E-state index in [4.69, 9.17) is 9.84 Å². The molecular weight excluding hydrogens is 432 g/mol. The third-order valence-corrected chi connectivity index (χ3v) is 6.45. The molecule has 0 radical (unpaired) electrons. The summed E-state index contributed by atoms with van der Waals surface area (Å²) in [7, 11) is 1.58. The van der Waals surface area contributed by atoms with Crippen molar-refractivity contribution < 1.29 is 24.2 Å². The molecule has 2 aromatic rings. The Morgan fingerprint density at radius 3 is 2.06 bits per heavy atom. The van der Waals surface area contributed by atoms with Crippen LogP contribution >= 0.6 is 0 Å². The molecule has 1 aliphatic carbocycles. The Hall–Kier alpha value is -3.35. The van der Waals surface area contributed by atoms with E-state index in [-0.39, 0.29) is 31.4 Å². The molecule has 2 unspecified atom stereocenters. The number of ether oxygens (including phenoxy) is 1. The van der Waals surface area contributed by atoms with Crippen LogP contribution in [-0.2, 0) is 14.3 Å². The summed E-state index contributed by atoms with van der Waals surface area (Å²) in [5.41, 5.74) is 4.18. The van der Waals surface area contributed by atoms with Gasteiger partial charge in [0.25, 0.3) is 0 Å². The molecule has 7 nitrogen and oxygen atoms in total. The zero-order valence-corrected chi connectivity index (χ0v) is 20.5. The lowest BCUT2D eigenvalue weighted by atomic mass is 9.84. The van der Waals surface area contributed by atoms with Crippen molar-refractivity contribution >= 4 is 18.0 Å². The highest BCUT2D eigenvalue weighted by Gasteiger charge is 2.32. The molecular formula is C27H34N2O5. The van der Waals surface area contributed by atoms with Crippen molar-refractivity contribution in [3.05, 3.63) is 59.7 Å². The van der Waals surface area contributed by atoms with E-state index in [1.165, 1.54) is 4.90 Å². The van der Waals surface area contributed by atoms with Gasteiger partial charge in [0.15, 0.2) is 0 Å². The highest BCUT2D eigenvalue weighted by Crippen LogP contribution is 2.44. The minimum atomic E-state index is -0.955. The van der Waals surface area contributed by atoms with Crippen LogP contribution < -0.4 is 5.32 Å². The van der Waals surface area contributed by atoms with Crippen molar-refractivity contribution in [2.75, 3.05) is 20.2 Å². The van der Waals surface area contributed by atoms with Gasteiger partial charge in [-0.05, 0) is 27.7 Å². The Balaban J connectivity index is 1.64. The van der Waals surface area contributed by atoms with Crippen LogP contribution in [0.4, 0.5) is 4.79 Å². The van der Waals surface area contributed by atoms with Crippen molar-refractivity contribution in [2.24, 2.45) is 11.3 Å². The number of hydrogen-bond acceptors (Lipinski definition) is 4. The van der Waals surface area contributed by atoms with E-state index in [2.05, 4.69) is 29.6 Å². The first-order valence-electron chi connectivity index (χ1n) is 11.6. The maximum absolute atomic E-state index is 12.8. The SMILES string of the molecule is CC(CN(C)C(=O)CC(NC(=O)OCC1c2ccccc2-c2ccccc21)C(C)(C)C)C(=O)O. The van der Waals surface area contributed by atoms with Gasteiger partial charge in [-0.25, -0.2) is 4.79 Å². The molecule has 0 aromatic heterocycles. The lowest BCUT2D eigenvalue weighted by Crippen LogP contribution is -2.47. The number of benzene rings is 2. The van der Waals surface area contributed by atoms with Gasteiger partial charge < -0.3 is 20.1 Å². The van der Waals surface area contributed by atoms with E-state index >= 15 is 0 Å². The number of aliphatic carboxylic acids is 1. The number of carboxylic acid groups (broad SMARTS) is 1. The Bertz CT molecular complexity index is 1010. The second kappa shape index (κ2) is 10.3. The van der Waals surface area contributed by atoms with Crippen LogP contribution in [0.3, 0.4) is 0 Å². The highest BCUT2D eigenvalue weighted by atomic mass is 16.5. The lowest BCUT2D eigenvalue weighted by molar-refractivity contribution is -0.142. The van der Waals surface area contributed by atoms with Gasteiger partial charge in [-0.15, -0.1) is 0 Å². The van der Waals surface area contributed by atoms with Crippen LogP contribution in [0.5, 0.6) is 0 Å². The largest absolute Gasteiger partial charge is 0.481 e. The molecule has 0 bridgehead atoms. The number of carbonyl (C=O) groups excluding carboxylic acids is 2. The summed E-state index contributed by atoms with van der Waals surface area (Å²) < 4.78 is 5.65. The maximum atomic E-state index is 12.8. The molecule has 3 rings (SSSR count). The van der Waals surface area contributed by atoms with E-state index < -0.39 is 29.4 Å². The monoisotopic (exact) mass is 466 g/mol. The highest BCUT2D eigenvalue weighted by molar-refractivity contribution is 5.80. The van der Waals surface area contributed by atoms with Crippen LogP contribution in [0.1, 0.15) is 51.2 Å². The molecule has 2 amide bonds. The number of alkyl carbamates (subject to hydrolysis) is 1. The first-order valence-corrected chi connectivity index (χ1v) is 11.6.